The molecular weight excluding hydrogens is 147 g/mol. The summed E-state index contributed by atoms with van der Waals surface area (Å²) in [6.45, 7) is 4.28. The first-order valence-corrected chi connectivity index (χ1v) is 3.11. The molecule has 0 amide bonds. The van der Waals surface area contributed by atoms with Gasteiger partial charge in [-0.1, -0.05) is 26.7 Å². The third kappa shape index (κ3) is 2.42. The van der Waals surface area contributed by atoms with E-state index in [1.54, 1.807) is 0 Å². The van der Waals surface area contributed by atoms with E-state index in [-0.39, 0.29) is 18.6 Å². The van der Waals surface area contributed by atoms with Crippen LogP contribution in [-0.2, 0) is 18.6 Å². The fourth-order valence-electron chi connectivity index (χ4n) is 0.890. The van der Waals surface area contributed by atoms with Crippen molar-refractivity contribution in [1.82, 2.24) is 0 Å². The van der Waals surface area contributed by atoms with Crippen molar-refractivity contribution in [3.8, 4) is 0 Å². The molecule has 0 aromatic heterocycles. The second-order valence-electron chi connectivity index (χ2n) is 2.17. The third-order valence-corrected chi connectivity index (χ3v) is 1.46. The maximum Gasteiger partial charge on any atom is 0 e. The van der Waals surface area contributed by atoms with Crippen LogP contribution in [0.25, 0.3) is 0 Å². The summed E-state index contributed by atoms with van der Waals surface area (Å²) in [4.78, 5) is 0. The van der Waals surface area contributed by atoms with Gasteiger partial charge in [0, 0.05) is 18.6 Å². The van der Waals surface area contributed by atoms with Gasteiger partial charge in [-0.25, -0.2) is 17.7 Å². The van der Waals surface area contributed by atoms with E-state index in [0.29, 0.717) is 0 Å². The maximum atomic E-state index is 3.28. The Balaban J connectivity index is 0.000000640. The Labute approximate surface area is 68.9 Å². The molecule has 1 aliphatic rings. The van der Waals surface area contributed by atoms with Crippen molar-refractivity contribution in [2.45, 2.75) is 26.7 Å². The summed E-state index contributed by atoms with van der Waals surface area (Å²) in [5.41, 5.74) is 2.75. The zero-order valence-electron chi connectivity index (χ0n) is 5.94. The average molecular weight is 158 g/mol. The summed E-state index contributed by atoms with van der Waals surface area (Å²) < 4.78 is 0. The molecule has 0 heterocycles. The van der Waals surface area contributed by atoms with Crippen LogP contribution in [-0.4, -0.2) is 0 Å². The number of hydrogen-bond donors (Lipinski definition) is 0. The topological polar surface area (TPSA) is 0 Å². The van der Waals surface area contributed by atoms with Gasteiger partial charge in [-0.15, -0.1) is 0 Å². The molecule has 1 radical (unpaired) electrons. The molecule has 0 aliphatic heterocycles. The molecule has 0 unspecified atom stereocenters. The zero-order valence-corrected chi connectivity index (χ0v) is 7.34. The Hall–Kier alpha value is 0.0644. The van der Waals surface area contributed by atoms with Gasteiger partial charge in [0.25, 0.3) is 0 Å². The van der Waals surface area contributed by atoms with Gasteiger partial charge in [0.05, 0.1) is 0 Å². The fourth-order valence-corrected chi connectivity index (χ4v) is 0.890. The summed E-state index contributed by atoms with van der Waals surface area (Å²) in [7, 11) is 0. The molecular formula is C8H11V-. The molecule has 0 nitrogen and oxygen atoms in total. The van der Waals surface area contributed by atoms with Gasteiger partial charge in [-0.05, 0) is 0 Å². The van der Waals surface area contributed by atoms with Crippen LogP contribution in [0.2, 0.25) is 0 Å². The van der Waals surface area contributed by atoms with Gasteiger partial charge in [-0.2, -0.15) is 5.57 Å². The molecule has 0 aromatic rings. The second kappa shape index (κ2) is 3.97. The van der Waals surface area contributed by atoms with Crippen LogP contribution in [0.3, 0.4) is 0 Å². The van der Waals surface area contributed by atoms with E-state index >= 15 is 0 Å². The Morgan fingerprint density at radius 1 is 1.67 bits per heavy atom. The second-order valence-corrected chi connectivity index (χ2v) is 2.17. The monoisotopic (exact) mass is 158 g/mol. The molecule has 1 aliphatic carbocycles. The van der Waals surface area contributed by atoms with Crippen LogP contribution in [0.15, 0.2) is 17.2 Å². The van der Waals surface area contributed by atoms with Crippen LogP contribution in [0.4, 0.5) is 0 Å². The average Bonchev–Trinajstić information content (AvgIpc) is 2.14. The quantitative estimate of drug-likeness (QED) is 0.514. The summed E-state index contributed by atoms with van der Waals surface area (Å²) in [5.74, 6) is 0. The molecule has 0 fully saturated rings. The molecule has 49 valence electrons. The Morgan fingerprint density at radius 2 is 2.33 bits per heavy atom. The van der Waals surface area contributed by atoms with Crippen molar-refractivity contribution < 1.29 is 18.6 Å². The summed E-state index contributed by atoms with van der Waals surface area (Å²) in [6, 6.07) is 0. The SMILES string of the molecule is CCC1=[C-]C(C)=CC1.[V]. The van der Waals surface area contributed by atoms with Crippen LogP contribution < -0.4 is 0 Å². The summed E-state index contributed by atoms with van der Waals surface area (Å²) >= 11 is 0. The molecule has 0 atom stereocenters. The molecule has 0 bridgehead atoms. The normalized spacial score (nSPS) is 16.2. The smallest absolute Gasteiger partial charge is 0 e. The van der Waals surface area contributed by atoms with Crippen molar-refractivity contribution in [2.75, 3.05) is 0 Å². The van der Waals surface area contributed by atoms with Crippen molar-refractivity contribution in [3.05, 3.63) is 23.3 Å². The van der Waals surface area contributed by atoms with Gasteiger partial charge in [0.15, 0.2) is 0 Å². The molecule has 0 saturated heterocycles. The molecule has 9 heavy (non-hydrogen) atoms. The van der Waals surface area contributed by atoms with E-state index in [4.69, 9.17) is 0 Å². The molecule has 0 spiro atoms. The predicted octanol–water partition coefficient (Wildman–Crippen LogP) is 2.47. The molecule has 0 saturated carbocycles. The first kappa shape index (κ1) is 9.06. The van der Waals surface area contributed by atoms with Crippen LogP contribution >= 0.6 is 0 Å². The van der Waals surface area contributed by atoms with E-state index < -0.39 is 0 Å². The van der Waals surface area contributed by atoms with Gasteiger partial charge in [0.2, 0.25) is 0 Å². The van der Waals surface area contributed by atoms with E-state index in [9.17, 15) is 0 Å². The minimum absolute atomic E-state index is 0. The first-order chi connectivity index (χ1) is 3.83. The Kier molecular flexibility index (Phi) is 4.00. The van der Waals surface area contributed by atoms with Gasteiger partial charge < -0.3 is 0 Å². The molecule has 0 aromatic carbocycles. The minimum atomic E-state index is 0. The summed E-state index contributed by atoms with van der Waals surface area (Å²) in [5, 5.41) is 0. The molecule has 0 N–H and O–H groups in total. The van der Waals surface area contributed by atoms with Crippen molar-refractivity contribution in [2.24, 2.45) is 0 Å². The van der Waals surface area contributed by atoms with E-state index in [1.807, 2.05) is 0 Å². The van der Waals surface area contributed by atoms with Gasteiger partial charge in [0.1, 0.15) is 0 Å². The van der Waals surface area contributed by atoms with Gasteiger partial charge >= 0.3 is 0 Å². The van der Waals surface area contributed by atoms with Gasteiger partial charge in [-0.3, -0.25) is 0 Å². The Morgan fingerprint density at radius 3 is 2.56 bits per heavy atom. The molecule has 1 heteroatoms. The summed E-state index contributed by atoms with van der Waals surface area (Å²) in [6.07, 6.45) is 7.80. The minimum Gasteiger partial charge on any atom is -0.250 e. The largest absolute Gasteiger partial charge is 0.250 e. The third-order valence-electron chi connectivity index (χ3n) is 1.46. The first-order valence-electron chi connectivity index (χ1n) is 3.11. The van der Waals surface area contributed by atoms with Crippen molar-refractivity contribution in [3.63, 3.8) is 0 Å². The van der Waals surface area contributed by atoms with E-state index in [2.05, 4.69) is 26.0 Å². The van der Waals surface area contributed by atoms with Crippen LogP contribution in [0.1, 0.15) is 26.7 Å². The van der Waals surface area contributed by atoms with Crippen molar-refractivity contribution in [1.29, 1.82) is 0 Å². The molecule has 1 rings (SSSR count). The van der Waals surface area contributed by atoms with E-state index in [1.165, 1.54) is 11.1 Å². The van der Waals surface area contributed by atoms with E-state index in [0.717, 1.165) is 12.8 Å². The van der Waals surface area contributed by atoms with Crippen molar-refractivity contribution >= 4 is 0 Å². The maximum absolute atomic E-state index is 3.28. The predicted molar refractivity (Wildman–Crippen MR) is 35.4 cm³/mol. The van der Waals surface area contributed by atoms with Crippen LogP contribution in [0, 0.1) is 6.08 Å². The zero-order chi connectivity index (χ0) is 5.98. The standard InChI is InChI=1S/C8H11.V/c1-3-8-5-4-7(2)6-8;/h4H,3,5H2,1-2H3;/q-1;. The fraction of sp³-hybridized carbons (Fsp3) is 0.500. The van der Waals surface area contributed by atoms with Crippen LogP contribution in [0.5, 0.6) is 0 Å². The number of hydrogen-bond acceptors (Lipinski definition) is 0. The number of rotatable bonds is 1. The number of allylic oxidation sites excluding steroid dienone is 4. The Bertz CT molecular complexity index is 143.